The lowest BCUT2D eigenvalue weighted by molar-refractivity contribution is 0.587. The van der Waals surface area contributed by atoms with Crippen molar-refractivity contribution in [3.05, 3.63) is 63.9 Å². The Kier molecular flexibility index (Phi) is 6.22. The quantitative estimate of drug-likeness (QED) is 0.363. The van der Waals surface area contributed by atoms with Crippen LogP contribution < -0.4 is 10.3 Å². The van der Waals surface area contributed by atoms with E-state index >= 15 is 0 Å². The van der Waals surface area contributed by atoms with Crippen LogP contribution in [-0.4, -0.2) is 36.5 Å². The first-order valence-corrected chi connectivity index (χ1v) is 11.8. The standard InChI is InChI=1S/C20H23N3O3S2/c1-14-9-10-15(2)18(13-14)23-19(24)16-7-4-5-8-17(16)22-20(23)27-12-6-11-21-28(3,25)26/h4-5,7-10,13,21H,6,11-12H2,1-3H3. The lowest BCUT2D eigenvalue weighted by Gasteiger charge is -2.15. The van der Waals surface area contributed by atoms with Crippen LogP contribution in [0, 0.1) is 13.8 Å². The van der Waals surface area contributed by atoms with Gasteiger partial charge in [-0.2, -0.15) is 0 Å². The fraction of sp³-hybridized carbons (Fsp3) is 0.300. The molecule has 6 nitrogen and oxygen atoms in total. The number of sulfonamides is 1. The van der Waals surface area contributed by atoms with E-state index in [1.54, 1.807) is 10.6 Å². The summed E-state index contributed by atoms with van der Waals surface area (Å²) in [6.45, 7) is 4.32. The number of aromatic nitrogens is 2. The number of para-hydroxylation sites is 1. The van der Waals surface area contributed by atoms with Crippen molar-refractivity contribution >= 4 is 32.7 Å². The second kappa shape index (κ2) is 8.46. The molecule has 0 saturated heterocycles. The summed E-state index contributed by atoms with van der Waals surface area (Å²) >= 11 is 1.45. The predicted octanol–water partition coefficient (Wildman–Crippen LogP) is 3.03. The number of hydrogen-bond donors (Lipinski definition) is 1. The van der Waals surface area contributed by atoms with E-state index < -0.39 is 10.0 Å². The molecule has 8 heteroatoms. The Morgan fingerprint density at radius 2 is 1.89 bits per heavy atom. The Hall–Kier alpha value is -2.16. The van der Waals surface area contributed by atoms with Gasteiger partial charge in [-0.15, -0.1) is 0 Å². The topological polar surface area (TPSA) is 81.1 Å². The molecule has 148 valence electrons. The first kappa shape index (κ1) is 20.6. The fourth-order valence-corrected chi connectivity index (χ4v) is 4.33. The molecule has 1 N–H and O–H groups in total. The number of nitrogens with one attached hydrogen (secondary N) is 1. The zero-order chi connectivity index (χ0) is 20.3. The van der Waals surface area contributed by atoms with Gasteiger partial charge in [-0.3, -0.25) is 9.36 Å². The molecule has 0 aliphatic rings. The number of thioether (sulfide) groups is 1. The van der Waals surface area contributed by atoms with Crippen LogP contribution in [0.25, 0.3) is 16.6 Å². The summed E-state index contributed by atoms with van der Waals surface area (Å²) in [5, 5.41) is 1.18. The summed E-state index contributed by atoms with van der Waals surface area (Å²) in [6.07, 6.45) is 1.77. The molecule has 0 unspecified atom stereocenters. The van der Waals surface area contributed by atoms with E-state index in [4.69, 9.17) is 4.98 Å². The summed E-state index contributed by atoms with van der Waals surface area (Å²) in [5.74, 6) is 0.637. The van der Waals surface area contributed by atoms with Crippen molar-refractivity contribution in [2.45, 2.75) is 25.4 Å². The van der Waals surface area contributed by atoms with Crippen LogP contribution in [0.1, 0.15) is 17.5 Å². The molecule has 0 fully saturated rings. The SMILES string of the molecule is Cc1ccc(C)c(-n2c(SCCCNS(C)(=O)=O)nc3ccccc3c2=O)c1. The minimum atomic E-state index is -3.20. The Bertz CT molecular complexity index is 1170. The van der Waals surface area contributed by atoms with Crippen molar-refractivity contribution in [3.8, 4) is 5.69 Å². The number of benzene rings is 2. The van der Waals surface area contributed by atoms with Crippen LogP contribution in [0.15, 0.2) is 52.4 Å². The van der Waals surface area contributed by atoms with Crippen molar-refractivity contribution < 1.29 is 8.42 Å². The van der Waals surface area contributed by atoms with Crippen LogP contribution in [0.3, 0.4) is 0 Å². The highest BCUT2D eigenvalue weighted by atomic mass is 32.2. The zero-order valence-electron chi connectivity index (χ0n) is 16.1. The summed E-state index contributed by atoms with van der Waals surface area (Å²) in [5.41, 5.74) is 3.43. The number of nitrogens with zero attached hydrogens (tertiary/aromatic N) is 2. The van der Waals surface area contributed by atoms with Crippen LogP contribution in [0.5, 0.6) is 0 Å². The molecule has 3 rings (SSSR count). The van der Waals surface area contributed by atoms with Gasteiger partial charge in [0.25, 0.3) is 5.56 Å². The molecule has 0 atom stereocenters. The molecule has 28 heavy (non-hydrogen) atoms. The highest BCUT2D eigenvalue weighted by molar-refractivity contribution is 7.99. The Balaban J connectivity index is 2.00. The number of fused-ring (bicyclic) bond motifs is 1. The molecule has 0 spiro atoms. The van der Waals surface area contributed by atoms with Crippen LogP contribution in [0.4, 0.5) is 0 Å². The lowest BCUT2D eigenvalue weighted by atomic mass is 10.1. The van der Waals surface area contributed by atoms with Gasteiger partial charge < -0.3 is 0 Å². The van der Waals surface area contributed by atoms with Gasteiger partial charge in [-0.25, -0.2) is 18.1 Å². The monoisotopic (exact) mass is 417 g/mol. The van der Waals surface area contributed by atoms with Crippen molar-refractivity contribution in [2.75, 3.05) is 18.6 Å². The summed E-state index contributed by atoms with van der Waals surface area (Å²) < 4.78 is 26.5. The normalized spacial score (nSPS) is 11.8. The molecular weight excluding hydrogens is 394 g/mol. The molecule has 2 aromatic carbocycles. The van der Waals surface area contributed by atoms with Gasteiger partial charge >= 0.3 is 0 Å². The average Bonchev–Trinajstić information content (AvgIpc) is 2.63. The highest BCUT2D eigenvalue weighted by Gasteiger charge is 2.15. The highest BCUT2D eigenvalue weighted by Crippen LogP contribution is 2.24. The van der Waals surface area contributed by atoms with E-state index in [9.17, 15) is 13.2 Å². The maximum atomic E-state index is 13.3. The maximum absolute atomic E-state index is 13.3. The third-order valence-corrected chi connectivity index (χ3v) is 6.02. The predicted molar refractivity (Wildman–Crippen MR) is 115 cm³/mol. The molecule has 1 aromatic heterocycles. The van der Waals surface area contributed by atoms with Gasteiger partial charge in [0.2, 0.25) is 10.0 Å². The number of rotatable bonds is 7. The smallest absolute Gasteiger partial charge is 0.266 e. The lowest BCUT2D eigenvalue weighted by Crippen LogP contribution is -2.24. The first-order chi connectivity index (χ1) is 13.3. The summed E-state index contributed by atoms with van der Waals surface area (Å²) in [4.78, 5) is 18.0. The molecule has 3 aromatic rings. The largest absolute Gasteiger partial charge is 0.268 e. The minimum absolute atomic E-state index is 0.101. The van der Waals surface area contributed by atoms with E-state index in [0.29, 0.717) is 34.8 Å². The van der Waals surface area contributed by atoms with E-state index in [-0.39, 0.29) is 5.56 Å². The maximum Gasteiger partial charge on any atom is 0.266 e. The molecule has 0 aliphatic heterocycles. The molecule has 0 aliphatic carbocycles. The molecule has 0 amide bonds. The summed E-state index contributed by atoms with van der Waals surface area (Å²) in [7, 11) is -3.20. The van der Waals surface area contributed by atoms with Crippen molar-refractivity contribution in [1.29, 1.82) is 0 Å². The Morgan fingerprint density at radius 1 is 1.14 bits per heavy atom. The third kappa shape index (κ3) is 4.81. The van der Waals surface area contributed by atoms with Gasteiger partial charge in [0.1, 0.15) is 0 Å². The van der Waals surface area contributed by atoms with E-state index in [1.165, 1.54) is 11.8 Å². The molecular formula is C20H23N3O3S2. The van der Waals surface area contributed by atoms with E-state index in [1.807, 2.05) is 50.2 Å². The number of aryl methyl sites for hydroxylation is 2. The second-order valence-electron chi connectivity index (χ2n) is 6.71. The van der Waals surface area contributed by atoms with Crippen molar-refractivity contribution in [3.63, 3.8) is 0 Å². The molecule has 0 saturated carbocycles. The van der Waals surface area contributed by atoms with E-state index in [0.717, 1.165) is 23.1 Å². The van der Waals surface area contributed by atoms with Crippen LogP contribution >= 0.6 is 11.8 Å². The van der Waals surface area contributed by atoms with Gasteiger partial charge in [-0.05, 0) is 49.6 Å². The Labute approximate surface area is 169 Å². The zero-order valence-corrected chi connectivity index (χ0v) is 17.7. The van der Waals surface area contributed by atoms with E-state index in [2.05, 4.69) is 4.72 Å². The third-order valence-electron chi connectivity index (χ3n) is 4.27. The van der Waals surface area contributed by atoms with Gasteiger partial charge in [0, 0.05) is 12.3 Å². The van der Waals surface area contributed by atoms with Crippen molar-refractivity contribution in [1.82, 2.24) is 14.3 Å². The minimum Gasteiger partial charge on any atom is -0.268 e. The summed E-state index contributed by atoms with van der Waals surface area (Å²) in [6, 6.07) is 13.3. The van der Waals surface area contributed by atoms with Crippen LogP contribution in [0.2, 0.25) is 0 Å². The van der Waals surface area contributed by atoms with Gasteiger partial charge in [0.15, 0.2) is 5.16 Å². The van der Waals surface area contributed by atoms with Crippen molar-refractivity contribution in [2.24, 2.45) is 0 Å². The molecule has 0 radical (unpaired) electrons. The Morgan fingerprint density at radius 3 is 2.64 bits per heavy atom. The fourth-order valence-electron chi connectivity index (χ4n) is 2.88. The molecule has 0 bridgehead atoms. The van der Waals surface area contributed by atoms with Gasteiger partial charge in [-0.1, -0.05) is 36.0 Å². The molecule has 1 heterocycles. The second-order valence-corrected chi connectivity index (χ2v) is 9.61. The first-order valence-electron chi connectivity index (χ1n) is 8.93. The number of hydrogen-bond acceptors (Lipinski definition) is 5. The van der Waals surface area contributed by atoms with Gasteiger partial charge in [0.05, 0.1) is 22.8 Å². The van der Waals surface area contributed by atoms with Crippen LogP contribution in [-0.2, 0) is 10.0 Å². The average molecular weight is 418 g/mol.